The zero-order valence-corrected chi connectivity index (χ0v) is 29.9. The molecule has 2 aromatic heterocycles. The third-order valence-electron chi connectivity index (χ3n) is 11.0. The predicted molar refractivity (Wildman–Crippen MR) is 227 cm³/mol. The number of benzene rings is 8. The highest BCUT2D eigenvalue weighted by molar-refractivity contribution is 6.05. The van der Waals surface area contributed by atoms with Gasteiger partial charge in [-0.1, -0.05) is 140 Å². The van der Waals surface area contributed by atoms with Crippen LogP contribution >= 0.6 is 0 Å². The minimum Gasteiger partial charge on any atom is -0.460 e. The van der Waals surface area contributed by atoms with E-state index in [0.29, 0.717) is 5.89 Å². The first-order valence-corrected chi connectivity index (χ1v) is 18.8. The number of para-hydroxylation sites is 3. The van der Waals surface area contributed by atoms with Crippen molar-refractivity contribution in [3.63, 3.8) is 0 Å². The van der Waals surface area contributed by atoms with E-state index in [1.807, 2.05) is 6.07 Å². The van der Waals surface area contributed by atoms with Crippen LogP contribution in [-0.4, -0.2) is 11.0 Å². The Balaban J connectivity index is 0.945. The molecule has 0 amide bonds. The van der Waals surface area contributed by atoms with E-state index < -0.39 is 0 Å². The number of nitrogens with zero attached hydrogens (tertiary/aromatic N) is 2. The minimum absolute atomic E-state index is 0.0724. The number of aromatic nitrogens is 1. The molecule has 11 rings (SSSR count). The second-order valence-corrected chi connectivity index (χ2v) is 14.3. The van der Waals surface area contributed by atoms with Crippen LogP contribution in [-0.2, 0) is 6.42 Å². The largest absolute Gasteiger partial charge is 0.460 e. The number of fused-ring (bicyclic) bond motifs is 7. The van der Waals surface area contributed by atoms with E-state index in [1.165, 1.54) is 27.3 Å². The highest BCUT2D eigenvalue weighted by Gasteiger charge is 2.27. The maximum Gasteiger partial charge on any atom is 0.227 e. The van der Waals surface area contributed by atoms with E-state index in [0.717, 1.165) is 73.3 Å². The zero-order valence-electron chi connectivity index (χ0n) is 29.9. The molecule has 1 atom stereocenters. The number of anilines is 2. The quantitative estimate of drug-likeness (QED) is 0.173. The molecular weight excluding hydrogens is 673 g/mol. The van der Waals surface area contributed by atoms with Gasteiger partial charge in [-0.15, -0.1) is 0 Å². The van der Waals surface area contributed by atoms with Crippen molar-refractivity contribution in [3.05, 3.63) is 193 Å². The molecule has 0 saturated carbocycles. The first-order valence-electron chi connectivity index (χ1n) is 18.8. The maximum atomic E-state index is 6.51. The number of oxazole rings is 1. The van der Waals surface area contributed by atoms with Crippen LogP contribution in [0.15, 0.2) is 191 Å². The lowest BCUT2D eigenvalue weighted by atomic mass is 9.94. The highest BCUT2D eigenvalue weighted by atomic mass is 16.3. The van der Waals surface area contributed by atoms with Crippen LogP contribution in [0.1, 0.15) is 11.3 Å². The average molecular weight is 707 g/mol. The molecule has 260 valence electrons. The summed E-state index contributed by atoms with van der Waals surface area (Å²) < 4.78 is 12.9. The lowest BCUT2D eigenvalue weighted by Gasteiger charge is -2.34. The van der Waals surface area contributed by atoms with Crippen LogP contribution in [0.5, 0.6) is 0 Å². The molecule has 2 heterocycles. The summed E-state index contributed by atoms with van der Waals surface area (Å²) >= 11 is 0. The first-order chi connectivity index (χ1) is 27.2. The Labute approximate surface area is 318 Å². The molecule has 4 nitrogen and oxygen atoms in total. The average Bonchev–Trinajstić information content (AvgIpc) is 3.86. The Morgan fingerprint density at radius 2 is 1.24 bits per heavy atom. The Kier molecular flexibility index (Phi) is 7.27. The van der Waals surface area contributed by atoms with E-state index in [-0.39, 0.29) is 6.04 Å². The smallest absolute Gasteiger partial charge is 0.227 e. The van der Waals surface area contributed by atoms with Crippen LogP contribution < -0.4 is 4.90 Å². The zero-order chi connectivity index (χ0) is 36.3. The van der Waals surface area contributed by atoms with Crippen molar-refractivity contribution in [2.75, 3.05) is 4.90 Å². The molecule has 1 aliphatic carbocycles. The molecule has 0 N–H and O–H groups in total. The molecule has 8 aromatic carbocycles. The second-order valence-electron chi connectivity index (χ2n) is 14.3. The van der Waals surface area contributed by atoms with Crippen LogP contribution in [0.2, 0.25) is 0 Å². The fraction of sp³-hybridized carbons (Fsp3) is 0.0392. The lowest BCUT2D eigenvalue weighted by Crippen LogP contribution is -2.33. The summed E-state index contributed by atoms with van der Waals surface area (Å²) in [5.74, 6) is 1.66. The Morgan fingerprint density at radius 1 is 0.527 bits per heavy atom. The van der Waals surface area contributed by atoms with E-state index >= 15 is 0 Å². The number of furan rings is 1. The molecule has 4 heteroatoms. The first kappa shape index (κ1) is 31.4. The molecule has 1 aliphatic rings. The summed E-state index contributed by atoms with van der Waals surface area (Å²) in [7, 11) is 0. The SMILES string of the molecule is C1=CC(N(c2ccccc2)c2ccccc2-c2ccc(-c3ccc4ccc5nc(-c6ccc7ccccc7c6)oc5c4c3)cc2)Cc2oc3ccccc3c21. The van der Waals surface area contributed by atoms with E-state index in [4.69, 9.17) is 13.8 Å². The van der Waals surface area contributed by atoms with Crippen LogP contribution in [0, 0.1) is 0 Å². The third-order valence-corrected chi connectivity index (χ3v) is 11.0. The number of hydrogen-bond acceptors (Lipinski definition) is 4. The van der Waals surface area contributed by atoms with Crippen molar-refractivity contribution >= 4 is 61.1 Å². The van der Waals surface area contributed by atoms with Crippen molar-refractivity contribution in [1.29, 1.82) is 0 Å². The topological polar surface area (TPSA) is 42.4 Å². The van der Waals surface area contributed by atoms with Gasteiger partial charge in [-0.3, -0.25) is 0 Å². The standard InChI is InChI=1S/C51H34N2O2/c1-2-12-40(13-3-1)53(41-27-28-44-43-15-7-9-17-48(43)54-49(44)32-41)47-16-8-6-14-42(47)35-21-18-34(19-22-35)38-24-23-36-26-29-46-50(45(36)31-38)55-51(52-46)39-25-20-33-10-4-5-11-37(33)30-39/h1-31,41H,32H2. The third kappa shape index (κ3) is 5.42. The van der Waals surface area contributed by atoms with Crippen molar-refractivity contribution < 1.29 is 8.83 Å². The summed E-state index contributed by atoms with van der Waals surface area (Å²) in [6, 6.07) is 62.2. The van der Waals surface area contributed by atoms with Gasteiger partial charge >= 0.3 is 0 Å². The lowest BCUT2D eigenvalue weighted by molar-refractivity contribution is 0.529. The normalized spacial score (nSPS) is 13.9. The molecular formula is C51H34N2O2. The fourth-order valence-corrected chi connectivity index (χ4v) is 8.29. The van der Waals surface area contributed by atoms with Gasteiger partial charge in [-0.05, 0) is 81.4 Å². The monoisotopic (exact) mass is 706 g/mol. The van der Waals surface area contributed by atoms with Gasteiger partial charge in [-0.2, -0.15) is 0 Å². The summed E-state index contributed by atoms with van der Waals surface area (Å²) in [6.07, 6.45) is 5.34. The van der Waals surface area contributed by atoms with Gasteiger partial charge < -0.3 is 13.7 Å². The van der Waals surface area contributed by atoms with Gasteiger partial charge in [0.05, 0.1) is 6.04 Å². The molecule has 0 spiro atoms. The highest BCUT2D eigenvalue weighted by Crippen LogP contribution is 2.41. The summed E-state index contributed by atoms with van der Waals surface area (Å²) in [6.45, 7) is 0. The fourth-order valence-electron chi connectivity index (χ4n) is 8.29. The molecule has 0 aliphatic heterocycles. The molecule has 10 aromatic rings. The van der Waals surface area contributed by atoms with E-state index in [1.54, 1.807) is 0 Å². The maximum absolute atomic E-state index is 6.51. The van der Waals surface area contributed by atoms with Gasteiger partial charge in [0.25, 0.3) is 0 Å². The van der Waals surface area contributed by atoms with E-state index in [2.05, 4.69) is 187 Å². The molecule has 55 heavy (non-hydrogen) atoms. The van der Waals surface area contributed by atoms with Gasteiger partial charge in [0, 0.05) is 45.3 Å². The van der Waals surface area contributed by atoms with Crippen molar-refractivity contribution in [2.24, 2.45) is 0 Å². The van der Waals surface area contributed by atoms with Crippen LogP contribution in [0.25, 0.3) is 83.4 Å². The molecule has 0 radical (unpaired) electrons. The summed E-state index contributed by atoms with van der Waals surface area (Å²) in [5, 5.41) is 5.71. The summed E-state index contributed by atoms with van der Waals surface area (Å²) in [5.41, 5.74) is 11.6. The van der Waals surface area contributed by atoms with Crippen molar-refractivity contribution in [3.8, 4) is 33.7 Å². The Bertz CT molecular complexity index is 3080. The Hall–Kier alpha value is -7.17. The van der Waals surface area contributed by atoms with Crippen molar-refractivity contribution in [2.45, 2.75) is 12.5 Å². The Morgan fingerprint density at radius 3 is 2.15 bits per heavy atom. The molecule has 1 unspecified atom stereocenters. The molecule has 0 fully saturated rings. The van der Waals surface area contributed by atoms with Crippen molar-refractivity contribution in [1.82, 2.24) is 4.98 Å². The van der Waals surface area contributed by atoms with Gasteiger partial charge in [-0.25, -0.2) is 4.98 Å². The van der Waals surface area contributed by atoms with Gasteiger partial charge in [0.1, 0.15) is 16.9 Å². The summed E-state index contributed by atoms with van der Waals surface area (Å²) in [4.78, 5) is 7.36. The number of hydrogen-bond donors (Lipinski definition) is 0. The van der Waals surface area contributed by atoms with Crippen LogP contribution in [0.3, 0.4) is 0 Å². The van der Waals surface area contributed by atoms with Gasteiger partial charge in [0.2, 0.25) is 5.89 Å². The minimum atomic E-state index is 0.0724. The molecule has 0 saturated heterocycles. The van der Waals surface area contributed by atoms with E-state index in [9.17, 15) is 0 Å². The van der Waals surface area contributed by atoms with Crippen LogP contribution in [0.4, 0.5) is 11.4 Å². The predicted octanol–water partition coefficient (Wildman–Crippen LogP) is 13.7. The van der Waals surface area contributed by atoms with Gasteiger partial charge in [0.15, 0.2) is 5.58 Å². The molecule has 0 bridgehead atoms. The number of rotatable bonds is 6. The second kappa shape index (κ2) is 12.8.